The van der Waals surface area contributed by atoms with Crippen molar-refractivity contribution < 1.29 is 4.79 Å². The Balaban J connectivity index is 1.25. The van der Waals surface area contributed by atoms with Gasteiger partial charge in [0.2, 0.25) is 0 Å². The van der Waals surface area contributed by atoms with E-state index < -0.39 is 0 Å². The molecule has 0 aliphatic carbocycles. The Labute approximate surface area is 165 Å². The molecule has 0 bridgehead atoms. The topological polar surface area (TPSA) is 80.0 Å². The van der Waals surface area contributed by atoms with Crippen LogP contribution in [-0.2, 0) is 0 Å². The van der Waals surface area contributed by atoms with Crippen molar-refractivity contribution in [1.29, 1.82) is 0 Å². The van der Waals surface area contributed by atoms with Crippen LogP contribution in [0.15, 0.2) is 55.1 Å². The summed E-state index contributed by atoms with van der Waals surface area (Å²) in [6.07, 6.45) is 3.05. The lowest BCUT2D eigenvalue weighted by molar-refractivity contribution is 0.0751. The van der Waals surface area contributed by atoms with E-state index >= 15 is 0 Å². The Morgan fingerprint density at radius 2 is 1.75 bits per heavy atom. The minimum Gasteiger partial charge on any atom is -0.352 e. The lowest BCUT2D eigenvalue weighted by atomic mass is 10.2. The molecule has 1 aliphatic heterocycles. The van der Waals surface area contributed by atoms with Crippen molar-refractivity contribution in [3.63, 3.8) is 0 Å². The summed E-state index contributed by atoms with van der Waals surface area (Å²) in [6, 6.07) is 13.9. The van der Waals surface area contributed by atoms with Gasteiger partial charge in [-0.3, -0.25) is 4.79 Å². The fraction of sp³-hybridized carbons (Fsp3) is 0.211. The lowest BCUT2D eigenvalue weighted by Gasteiger charge is -2.35. The van der Waals surface area contributed by atoms with Gasteiger partial charge in [0.15, 0.2) is 11.6 Å². The number of anilines is 1. The number of aromatic nitrogens is 5. The third-order valence-electron chi connectivity index (χ3n) is 4.82. The SMILES string of the molecule is O=C(c1cc2ccccc2s1)N1CCN(c2ccc(-n3cncn3)nn2)CC1. The average molecular weight is 391 g/mol. The Kier molecular flexibility index (Phi) is 4.21. The van der Waals surface area contributed by atoms with Crippen molar-refractivity contribution in [2.45, 2.75) is 0 Å². The first-order chi connectivity index (χ1) is 13.8. The molecular formula is C19H17N7OS. The number of rotatable bonds is 3. The molecule has 140 valence electrons. The zero-order chi connectivity index (χ0) is 18.9. The minimum atomic E-state index is 0.105. The second-order valence-corrected chi connectivity index (χ2v) is 7.60. The number of fused-ring (bicyclic) bond motifs is 1. The van der Waals surface area contributed by atoms with E-state index in [1.807, 2.05) is 41.3 Å². The molecule has 5 rings (SSSR count). The van der Waals surface area contributed by atoms with E-state index in [1.165, 1.54) is 6.33 Å². The van der Waals surface area contributed by atoms with Crippen molar-refractivity contribution in [2.75, 3.05) is 31.1 Å². The van der Waals surface area contributed by atoms with Gasteiger partial charge in [0.05, 0.1) is 4.88 Å². The number of thiophene rings is 1. The first-order valence-electron chi connectivity index (χ1n) is 8.99. The van der Waals surface area contributed by atoms with Crippen LogP contribution in [0.3, 0.4) is 0 Å². The molecule has 1 aliphatic rings. The molecule has 0 saturated carbocycles. The highest BCUT2D eigenvalue weighted by atomic mass is 32.1. The normalized spacial score (nSPS) is 14.6. The largest absolute Gasteiger partial charge is 0.352 e. The van der Waals surface area contributed by atoms with Crippen LogP contribution in [0.5, 0.6) is 0 Å². The molecule has 0 atom stereocenters. The summed E-state index contributed by atoms with van der Waals surface area (Å²) in [5, 5.41) is 13.7. The van der Waals surface area contributed by atoms with E-state index in [2.05, 4.69) is 31.2 Å². The molecule has 4 heterocycles. The standard InChI is InChI=1S/C19H17N7OS/c27-19(16-11-14-3-1-2-4-15(14)28-16)25-9-7-24(8-10-25)17-5-6-18(23-22-17)26-13-20-12-21-26/h1-6,11-13H,7-10H2. The average Bonchev–Trinajstić information content (AvgIpc) is 3.43. The van der Waals surface area contributed by atoms with Gasteiger partial charge in [0.25, 0.3) is 5.91 Å². The Hall–Kier alpha value is -3.33. The first kappa shape index (κ1) is 16.8. The summed E-state index contributed by atoms with van der Waals surface area (Å²) in [7, 11) is 0. The molecule has 1 aromatic carbocycles. The summed E-state index contributed by atoms with van der Waals surface area (Å²) in [5.74, 6) is 1.53. The Bertz CT molecular complexity index is 1070. The highest BCUT2D eigenvalue weighted by Crippen LogP contribution is 2.26. The van der Waals surface area contributed by atoms with Crippen molar-refractivity contribution in [3.05, 3.63) is 60.0 Å². The van der Waals surface area contributed by atoms with Crippen LogP contribution in [0.2, 0.25) is 0 Å². The maximum Gasteiger partial charge on any atom is 0.264 e. The third-order valence-corrected chi connectivity index (χ3v) is 5.92. The molecule has 0 N–H and O–H groups in total. The van der Waals surface area contributed by atoms with Crippen LogP contribution >= 0.6 is 11.3 Å². The maximum atomic E-state index is 12.9. The molecule has 1 saturated heterocycles. The first-order valence-corrected chi connectivity index (χ1v) is 9.81. The van der Waals surface area contributed by atoms with Gasteiger partial charge in [0.1, 0.15) is 12.7 Å². The molecule has 9 heteroatoms. The summed E-state index contributed by atoms with van der Waals surface area (Å²) < 4.78 is 2.71. The molecule has 3 aromatic heterocycles. The smallest absolute Gasteiger partial charge is 0.264 e. The van der Waals surface area contributed by atoms with Crippen molar-refractivity contribution in [3.8, 4) is 5.82 Å². The fourth-order valence-corrected chi connectivity index (χ4v) is 4.35. The molecule has 8 nitrogen and oxygen atoms in total. The summed E-state index contributed by atoms with van der Waals surface area (Å²) in [5.41, 5.74) is 0. The predicted molar refractivity (Wildman–Crippen MR) is 107 cm³/mol. The van der Waals surface area contributed by atoms with E-state index in [4.69, 9.17) is 0 Å². The van der Waals surface area contributed by atoms with Gasteiger partial charge in [-0.2, -0.15) is 5.10 Å². The van der Waals surface area contributed by atoms with Gasteiger partial charge in [-0.25, -0.2) is 9.67 Å². The highest BCUT2D eigenvalue weighted by Gasteiger charge is 2.24. The van der Waals surface area contributed by atoms with Crippen molar-refractivity contribution in [1.82, 2.24) is 29.9 Å². The summed E-state index contributed by atoms with van der Waals surface area (Å²) >= 11 is 1.56. The monoisotopic (exact) mass is 391 g/mol. The molecule has 4 aromatic rings. The number of benzene rings is 1. The molecular weight excluding hydrogens is 374 g/mol. The quantitative estimate of drug-likeness (QED) is 0.533. The number of hydrogen-bond donors (Lipinski definition) is 0. The van der Waals surface area contributed by atoms with Gasteiger partial charge < -0.3 is 9.80 Å². The van der Waals surface area contributed by atoms with Gasteiger partial charge >= 0.3 is 0 Å². The Morgan fingerprint density at radius 1 is 0.964 bits per heavy atom. The van der Waals surface area contributed by atoms with Crippen LogP contribution in [-0.4, -0.2) is 61.9 Å². The molecule has 1 fully saturated rings. The number of carbonyl (C=O) groups excluding carboxylic acids is 1. The molecule has 28 heavy (non-hydrogen) atoms. The zero-order valence-electron chi connectivity index (χ0n) is 15.0. The Morgan fingerprint density at radius 3 is 2.46 bits per heavy atom. The van der Waals surface area contributed by atoms with E-state index in [9.17, 15) is 4.79 Å². The molecule has 1 amide bonds. The van der Waals surface area contributed by atoms with Crippen LogP contribution in [0.4, 0.5) is 5.82 Å². The zero-order valence-corrected chi connectivity index (χ0v) is 15.8. The van der Waals surface area contributed by atoms with Crippen molar-refractivity contribution in [2.24, 2.45) is 0 Å². The van der Waals surface area contributed by atoms with Crippen LogP contribution in [0.1, 0.15) is 9.67 Å². The van der Waals surface area contributed by atoms with Crippen molar-refractivity contribution >= 4 is 33.1 Å². The van der Waals surface area contributed by atoms with E-state index in [-0.39, 0.29) is 5.91 Å². The van der Waals surface area contributed by atoms with Crippen LogP contribution in [0.25, 0.3) is 15.9 Å². The minimum absolute atomic E-state index is 0.105. The number of hydrogen-bond acceptors (Lipinski definition) is 7. The van der Waals surface area contributed by atoms with Crippen LogP contribution < -0.4 is 4.90 Å². The van der Waals surface area contributed by atoms with Crippen LogP contribution in [0, 0.1) is 0 Å². The second-order valence-electron chi connectivity index (χ2n) is 6.52. The van der Waals surface area contributed by atoms with Gasteiger partial charge in [-0.1, -0.05) is 18.2 Å². The highest BCUT2D eigenvalue weighted by molar-refractivity contribution is 7.20. The molecule has 0 radical (unpaired) electrons. The van der Waals surface area contributed by atoms with E-state index in [0.717, 1.165) is 33.9 Å². The number of nitrogens with zero attached hydrogens (tertiary/aromatic N) is 7. The summed E-state index contributed by atoms with van der Waals surface area (Å²) in [6.45, 7) is 2.79. The number of amides is 1. The lowest BCUT2D eigenvalue weighted by Crippen LogP contribution is -2.49. The molecule has 0 unspecified atom stereocenters. The predicted octanol–water partition coefficient (Wildman–Crippen LogP) is 2.23. The van der Waals surface area contributed by atoms with E-state index in [1.54, 1.807) is 22.3 Å². The third kappa shape index (κ3) is 3.09. The van der Waals surface area contributed by atoms with Gasteiger partial charge in [0, 0.05) is 30.9 Å². The van der Waals surface area contributed by atoms with E-state index in [0.29, 0.717) is 18.9 Å². The second kappa shape index (κ2) is 7.01. The summed E-state index contributed by atoms with van der Waals surface area (Å²) in [4.78, 5) is 21.6. The number of carbonyl (C=O) groups is 1. The van der Waals surface area contributed by atoms with Gasteiger partial charge in [-0.05, 0) is 29.7 Å². The van der Waals surface area contributed by atoms with Gasteiger partial charge in [-0.15, -0.1) is 21.5 Å². The maximum absolute atomic E-state index is 12.9. The number of piperazine rings is 1. The molecule has 0 spiro atoms. The fourth-order valence-electron chi connectivity index (χ4n) is 3.32.